The zero-order valence-corrected chi connectivity index (χ0v) is 17.2. The summed E-state index contributed by atoms with van der Waals surface area (Å²) >= 11 is 1.37. The van der Waals surface area contributed by atoms with Gasteiger partial charge in [-0.1, -0.05) is 30.3 Å². The molecule has 0 aromatic heterocycles. The molecule has 0 radical (unpaired) electrons. The third-order valence-corrected chi connectivity index (χ3v) is 4.37. The summed E-state index contributed by atoms with van der Waals surface area (Å²) in [6.07, 6.45) is -0.610. The number of hydrogen-bond acceptors (Lipinski definition) is 6. The third kappa shape index (κ3) is 11.3. The SMILES string of the molecule is CC(C)(C)OC(=O)NCCCSC[C@H](NC(=O)OCc1ccccc1)C(=O)O. The van der Waals surface area contributed by atoms with Crippen molar-refractivity contribution >= 4 is 29.9 Å². The standard InChI is InChI=1S/C19H28N2O6S/c1-19(2,3)27-17(24)20-10-7-11-28-13-15(16(22)23)21-18(25)26-12-14-8-5-4-6-9-14/h4-6,8-9,15H,7,10-13H2,1-3H3,(H,20,24)(H,21,25)(H,22,23)/t15-/m0/s1. The molecular weight excluding hydrogens is 384 g/mol. The number of benzene rings is 1. The lowest BCUT2D eigenvalue weighted by Crippen LogP contribution is -2.42. The Kier molecular flexibility index (Phi) is 10.2. The molecule has 156 valence electrons. The Hall–Kier alpha value is -2.42. The van der Waals surface area contributed by atoms with E-state index in [-0.39, 0.29) is 12.4 Å². The molecule has 3 N–H and O–H groups in total. The molecule has 0 heterocycles. The monoisotopic (exact) mass is 412 g/mol. The Bertz CT molecular complexity index is 633. The molecule has 0 spiro atoms. The van der Waals surface area contributed by atoms with Crippen LogP contribution in [0.2, 0.25) is 0 Å². The summed E-state index contributed by atoms with van der Waals surface area (Å²) in [4.78, 5) is 34.6. The molecule has 0 saturated carbocycles. The van der Waals surface area contributed by atoms with Crippen LogP contribution in [-0.4, -0.2) is 53.0 Å². The third-order valence-electron chi connectivity index (χ3n) is 3.22. The molecule has 1 aromatic rings. The van der Waals surface area contributed by atoms with Gasteiger partial charge >= 0.3 is 18.2 Å². The minimum atomic E-state index is -1.13. The summed E-state index contributed by atoms with van der Waals surface area (Å²) in [5, 5.41) is 14.2. The molecule has 0 aliphatic heterocycles. The van der Waals surface area contributed by atoms with E-state index in [0.29, 0.717) is 18.7 Å². The second kappa shape index (κ2) is 12.1. The maximum Gasteiger partial charge on any atom is 0.408 e. The van der Waals surface area contributed by atoms with Crippen LogP contribution in [0.15, 0.2) is 30.3 Å². The Balaban J connectivity index is 2.21. The smallest absolute Gasteiger partial charge is 0.408 e. The van der Waals surface area contributed by atoms with Crippen LogP contribution < -0.4 is 10.6 Å². The van der Waals surface area contributed by atoms with Gasteiger partial charge in [0.15, 0.2) is 0 Å². The van der Waals surface area contributed by atoms with Crippen LogP contribution in [0, 0.1) is 0 Å². The number of alkyl carbamates (subject to hydrolysis) is 2. The number of aliphatic carboxylic acids is 1. The van der Waals surface area contributed by atoms with Crippen molar-refractivity contribution in [3.63, 3.8) is 0 Å². The topological polar surface area (TPSA) is 114 Å². The fraction of sp³-hybridized carbons (Fsp3) is 0.526. The number of rotatable bonds is 10. The molecule has 0 aliphatic carbocycles. The van der Waals surface area contributed by atoms with Gasteiger partial charge in [0.1, 0.15) is 18.2 Å². The lowest BCUT2D eigenvalue weighted by Gasteiger charge is -2.19. The summed E-state index contributed by atoms with van der Waals surface area (Å²) < 4.78 is 10.2. The van der Waals surface area contributed by atoms with E-state index in [1.807, 2.05) is 30.3 Å². The van der Waals surface area contributed by atoms with Crippen molar-refractivity contribution < 1.29 is 29.0 Å². The Morgan fingerprint density at radius 3 is 2.43 bits per heavy atom. The molecule has 8 nitrogen and oxygen atoms in total. The van der Waals surface area contributed by atoms with Crippen LogP contribution in [0.1, 0.15) is 32.8 Å². The Labute approximate surface area is 169 Å². The molecule has 0 aliphatic rings. The first-order valence-corrected chi connectivity index (χ1v) is 10.1. The van der Waals surface area contributed by atoms with E-state index >= 15 is 0 Å². The highest BCUT2D eigenvalue weighted by atomic mass is 32.2. The Morgan fingerprint density at radius 2 is 1.82 bits per heavy atom. The van der Waals surface area contributed by atoms with Gasteiger partial charge in [-0.2, -0.15) is 11.8 Å². The first-order chi connectivity index (χ1) is 13.2. The number of nitrogens with one attached hydrogen (secondary N) is 2. The van der Waals surface area contributed by atoms with Crippen LogP contribution in [0.3, 0.4) is 0 Å². The van der Waals surface area contributed by atoms with Crippen molar-refractivity contribution in [1.29, 1.82) is 0 Å². The first kappa shape index (κ1) is 23.6. The molecule has 0 bridgehead atoms. The molecule has 1 rings (SSSR count). The van der Waals surface area contributed by atoms with E-state index in [0.717, 1.165) is 5.56 Å². The van der Waals surface area contributed by atoms with Crippen molar-refractivity contribution in [2.45, 2.75) is 45.4 Å². The number of hydrogen-bond donors (Lipinski definition) is 3. The second-order valence-electron chi connectivity index (χ2n) is 6.95. The molecule has 1 aromatic carbocycles. The number of carboxylic acids is 1. The Morgan fingerprint density at radius 1 is 1.14 bits per heavy atom. The van der Waals surface area contributed by atoms with E-state index in [1.165, 1.54) is 11.8 Å². The number of ether oxygens (including phenoxy) is 2. The highest BCUT2D eigenvalue weighted by Crippen LogP contribution is 2.08. The quantitative estimate of drug-likeness (QED) is 0.506. The van der Waals surface area contributed by atoms with Gasteiger partial charge < -0.3 is 25.2 Å². The molecule has 0 fully saturated rings. The highest BCUT2D eigenvalue weighted by Gasteiger charge is 2.20. The van der Waals surface area contributed by atoms with Gasteiger partial charge in [0.25, 0.3) is 0 Å². The summed E-state index contributed by atoms with van der Waals surface area (Å²) in [6, 6.07) is 8.07. The maximum absolute atomic E-state index is 11.8. The van der Waals surface area contributed by atoms with Crippen LogP contribution in [-0.2, 0) is 20.9 Å². The number of carbonyl (C=O) groups excluding carboxylic acids is 2. The maximum atomic E-state index is 11.8. The molecule has 0 saturated heterocycles. The van der Waals surface area contributed by atoms with Gasteiger partial charge in [-0.15, -0.1) is 0 Å². The minimum absolute atomic E-state index is 0.0719. The molecule has 9 heteroatoms. The van der Waals surface area contributed by atoms with E-state index in [9.17, 15) is 19.5 Å². The van der Waals surface area contributed by atoms with Crippen molar-refractivity contribution in [3.8, 4) is 0 Å². The summed E-state index contributed by atoms with van der Waals surface area (Å²) in [6.45, 7) is 5.85. The van der Waals surface area contributed by atoms with E-state index in [4.69, 9.17) is 9.47 Å². The number of thioether (sulfide) groups is 1. The van der Waals surface area contributed by atoms with Gasteiger partial charge in [0.2, 0.25) is 0 Å². The fourth-order valence-electron chi connectivity index (χ4n) is 1.96. The number of carbonyl (C=O) groups is 3. The van der Waals surface area contributed by atoms with Crippen LogP contribution >= 0.6 is 11.8 Å². The first-order valence-electron chi connectivity index (χ1n) is 8.92. The van der Waals surface area contributed by atoms with E-state index in [1.54, 1.807) is 20.8 Å². The molecular formula is C19H28N2O6S. The lowest BCUT2D eigenvalue weighted by molar-refractivity contribution is -0.138. The van der Waals surface area contributed by atoms with Gasteiger partial charge in [0.05, 0.1) is 0 Å². The lowest BCUT2D eigenvalue weighted by atomic mass is 10.2. The van der Waals surface area contributed by atoms with Crippen LogP contribution in [0.4, 0.5) is 9.59 Å². The van der Waals surface area contributed by atoms with Crippen molar-refractivity contribution in [3.05, 3.63) is 35.9 Å². The van der Waals surface area contributed by atoms with E-state index < -0.39 is 29.8 Å². The zero-order valence-electron chi connectivity index (χ0n) is 16.4. The molecule has 2 amide bonds. The molecule has 1 atom stereocenters. The van der Waals surface area contributed by atoms with Gasteiger partial charge in [-0.25, -0.2) is 14.4 Å². The van der Waals surface area contributed by atoms with Crippen LogP contribution in [0.25, 0.3) is 0 Å². The largest absolute Gasteiger partial charge is 0.480 e. The van der Waals surface area contributed by atoms with Gasteiger partial charge in [0, 0.05) is 12.3 Å². The summed E-state index contributed by atoms with van der Waals surface area (Å²) in [7, 11) is 0. The van der Waals surface area contributed by atoms with E-state index in [2.05, 4.69) is 10.6 Å². The number of carboxylic acid groups (broad SMARTS) is 1. The summed E-state index contributed by atoms with van der Waals surface area (Å²) in [5.74, 6) is -0.307. The van der Waals surface area contributed by atoms with Gasteiger partial charge in [-0.3, -0.25) is 0 Å². The zero-order chi connectivity index (χ0) is 21.0. The van der Waals surface area contributed by atoms with Crippen LogP contribution in [0.5, 0.6) is 0 Å². The van der Waals surface area contributed by atoms with Gasteiger partial charge in [-0.05, 0) is 38.5 Å². The predicted molar refractivity (Wildman–Crippen MR) is 107 cm³/mol. The summed E-state index contributed by atoms with van der Waals surface area (Å²) in [5.41, 5.74) is 0.269. The van der Waals surface area contributed by atoms with Crippen molar-refractivity contribution in [2.75, 3.05) is 18.1 Å². The predicted octanol–water partition coefficient (Wildman–Crippen LogP) is 3.01. The minimum Gasteiger partial charge on any atom is -0.480 e. The average Bonchev–Trinajstić information content (AvgIpc) is 2.61. The normalized spacial score (nSPS) is 12.0. The molecule has 28 heavy (non-hydrogen) atoms. The fourth-order valence-corrected chi connectivity index (χ4v) is 2.94. The van der Waals surface area contributed by atoms with Crippen molar-refractivity contribution in [2.24, 2.45) is 0 Å². The average molecular weight is 413 g/mol. The molecule has 0 unspecified atom stereocenters. The number of amides is 2. The second-order valence-corrected chi connectivity index (χ2v) is 8.10. The van der Waals surface area contributed by atoms with Crippen molar-refractivity contribution in [1.82, 2.24) is 10.6 Å². The highest BCUT2D eigenvalue weighted by molar-refractivity contribution is 7.99.